The number of amides is 2. The molecule has 0 aliphatic carbocycles. The fourth-order valence-corrected chi connectivity index (χ4v) is 3.24. The van der Waals surface area contributed by atoms with E-state index in [4.69, 9.17) is 27.9 Å². The van der Waals surface area contributed by atoms with Crippen LogP contribution in [0.15, 0.2) is 60.7 Å². The highest BCUT2D eigenvalue weighted by atomic mass is 35.5. The second-order valence-electron chi connectivity index (χ2n) is 6.75. The summed E-state index contributed by atoms with van der Waals surface area (Å²) in [6, 6.07) is 16.2. The van der Waals surface area contributed by atoms with E-state index in [9.17, 15) is 9.18 Å². The molecule has 2 amide bonds. The molecule has 0 bridgehead atoms. The zero-order chi connectivity index (χ0) is 21.8. The third kappa shape index (κ3) is 5.25. The molecule has 0 radical (unpaired) electrons. The standard InChI is InChI=1S/C22H17Cl2FN4O2/c23-18-8-3-14(9-19(18)24)12-31-16-6-7-17-20(10-16)28-29-21(17)27-22(30)26-11-13-1-4-15(25)5-2-13/h1-10H,11-12H2,(H3,26,27,28,29,30). The summed E-state index contributed by atoms with van der Waals surface area (Å²) in [4.78, 5) is 12.2. The Balaban J connectivity index is 1.37. The number of nitrogens with zero attached hydrogens (tertiary/aromatic N) is 1. The van der Waals surface area contributed by atoms with Gasteiger partial charge in [-0.25, -0.2) is 9.18 Å². The lowest BCUT2D eigenvalue weighted by molar-refractivity contribution is 0.251. The summed E-state index contributed by atoms with van der Waals surface area (Å²) < 4.78 is 18.8. The van der Waals surface area contributed by atoms with Gasteiger partial charge in [0.25, 0.3) is 0 Å². The molecule has 0 atom stereocenters. The summed E-state index contributed by atoms with van der Waals surface area (Å²) in [6.45, 7) is 0.592. The highest BCUT2D eigenvalue weighted by Crippen LogP contribution is 2.26. The van der Waals surface area contributed by atoms with Gasteiger partial charge in [0.2, 0.25) is 0 Å². The zero-order valence-electron chi connectivity index (χ0n) is 16.1. The Bertz CT molecular complexity index is 1230. The minimum Gasteiger partial charge on any atom is -0.489 e. The Kier molecular flexibility index (Phi) is 6.25. The Morgan fingerprint density at radius 3 is 2.55 bits per heavy atom. The topological polar surface area (TPSA) is 79.0 Å². The van der Waals surface area contributed by atoms with E-state index < -0.39 is 6.03 Å². The Labute approximate surface area is 187 Å². The molecule has 0 unspecified atom stereocenters. The number of rotatable bonds is 6. The van der Waals surface area contributed by atoms with E-state index in [2.05, 4.69) is 20.8 Å². The summed E-state index contributed by atoms with van der Waals surface area (Å²) in [5.41, 5.74) is 2.38. The molecule has 3 aromatic carbocycles. The van der Waals surface area contributed by atoms with Gasteiger partial charge >= 0.3 is 6.03 Å². The first-order valence-corrected chi connectivity index (χ1v) is 10.1. The number of hydrogen-bond acceptors (Lipinski definition) is 3. The van der Waals surface area contributed by atoms with Crippen LogP contribution in [0, 0.1) is 5.82 Å². The Hall–Kier alpha value is -3.29. The first-order chi connectivity index (χ1) is 15.0. The van der Waals surface area contributed by atoms with Gasteiger partial charge in [0, 0.05) is 18.0 Å². The monoisotopic (exact) mass is 458 g/mol. The predicted molar refractivity (Wildman–Crippen MR) is 119 cm³/mol. The van der Waals surface area contributed by atoms with Gasteiger partial charge in [-0.05, 0) is 47.5 Å². The first kappa shape index (κ1) is 21.0. The molecule has 0 saturated heterocycles. The average molecular weight is 459 g/mol. The van der Waals surface area contributed by atoms with Crippen molar-refractivity contribution in [3.63, 3.8) is 0 Å². The molecule has 1 aromatic heterocycles. The lowest BCUT2D eigenvalue weighted by Gasteiger charge is -2.08. The fraction of sp³-hybridized carbons (Fsp3) is 0.0909. The van der Waals surface area contributed by atoms with Gasteiger partial charge in [-0.3, -0.25) is 10.4 Å². The van der Waals surface area contributed by atoms with Crippen LogP contribution in [0.3, 0.4) is 0 Å². The predicted octanol–water partition coefficient (Wildman–Crippen LogP) is 5.91. The van der Waals surface area contributed by atoms with Crippen LogP contribution >= 0.6 is 23.2 Å². The van der Waals surface area contributed by atoms with Gasteiger partial charge in [-0.1, -0.05) is 41.4 Å². The maximum atomic E-state index is 12.9. The molecule has 0 spiro atoms. The minimum atomic E-state index is -0.419. The molecular weight excluding hydrogens is 442 g/mol. The number of aromatic nitrogens is 2. The third-order valence-corrected chi connectivity index (χ3v) is 5.26. The van der Waals surface area contributed by atoms with Crippen LogP contribution in [-0.2, 0) is 13.2 Å². The Morgan fingerprint density at radius 1 is 1.00 bits per heavy atom. The highest BCUT2D eigenvalue weighted by Gasteiger charge is 2.10. The summed E-state index contributed by atoms with van der Waals surface area (Å²) in [5, 5.41) is 14.1. The molecular formula is C22H17Cl2FN4O2. The molecule has 3 N–H and O–H groups in total. The van der Waals surface area contributed by atoms with Crippen LogP contribution in [0.5, 0.6) is 5.75 Å². The van der Waals surface area contributed by atoms with Gasteiger partial charge in [0.15, 0.2) is 5.82 Å². The van der Waals surface area contributed by atoms with E-state index in [-0.39, 0.29) is 12.4 Å². The lowest BCUT2D eigenvalue weighted by atomic mass is 10.2. The normalized spacial score (nSPS) is 10.8. The van der Waals surface area contributed by atoms with Crippen molar-refractivity contribution in [3.8, 4) is 5.75 Å². The van der Waals surface area contributed by atoms with Crippen LogP contribution in [0.2, 0.25) is 10.0 Å². The number of carbonyl (C=O) groups excluding carboxylic acids is 1. The maximum absolute atomic E-state index is 12.9. The van der Waals surface area contributed by atoms with Crippen molar-refractivity contribution >= 4 is 46.0 Å². The molecule has 6 nitrogen and oxygen atoms in total. The largest absolute Gasteiger partial charge is 0.489 e. The third-order valence-electron chi connectivity index (χ3n) is 4.52. The second kappa shape index (κ2) is 9.24. The molecule has 158 valence electrons. The Morgan fingerprint density at radius 2 is 1.77 bits per heavy atom. The molecule has 0 saturated carbocycles. The number of hydrogen-bond donors (Lipinski definition) is 3. The number of carbonyl (C=O) groups is 1. The maximum Gasteiger partial charge on any atom is 0.320 e. The molecule has 4 aromatic rings. The quantitative estimate of drug-likeness (QED) is 0.336. The number of ether oxygens (including phenoxy) is 1. The summed E-state index contributed by atoms with van der Waals surface area (Å²) >= 11 is 12.0. The van der Waals surface area contributed by atoms with Crippen LogP contribution in [-0.4, -0.2) is 16.2 Å². The molecule has 0 aliphatic heterocycles. The molecule has 1 heterocycles. The number of nitrogens with one attached hydrogen (secondary N) is 3. The number of urea groups is 1. The van der Waals surface area contributed by atoms with Gasteiger partial charge in [0.1, 0.15) is 18.2 Å². The number of aromatic amines is 1. The number of fused-ring (bicyclic) bond motifs is 1. The zero-order valence-corrected chi connectivity index (χ0v) is 17.6. The van der Waals surface area contributed by atoms with E-state index >= 15 is 0 Å². The van der Waals surface area contributed by atoms with Crippen molar-refractivity contribution in [3.05, 3.63) is 87.7 Å². The van der Waals surface area contributed by atoms with Crippen molar-refractivity contribution in [2.75, 3.05) is 5.32 Å². The van der Waals surface area contributed by atoms with E-state index in [1.807, 2.05) is 6.07 Å². The highest BCUT2D eigenvalue weighted by molar-refractivity contribution is 6.42. The van der Waals surface area contributed by atoms with Crippen molar-refractivity contribution in [1.82, 2.24) is 15.5 Å². The molecule has 31 heavy (non-hydrogen) atoms. The van der Waals surface area contributed by atoms with Crippen LogP contribution in [0.25, 0.3) is 10.9 Å². The number of halogens is 3. The SMILES string of the molecule is O=C(NCc1ccc(F)cc1)Nc1n[nH]c2cc(OCc3ccc(Cl)c(Cl)c3)ccc12. The second-order valence-corrected chi connectivity index (χ2v) is 7.57. The number of benzene rings is 3. The van der Waals surface area contributed by atoms with Crippen LogP contribution in [0.1, 0.15) is 11.1 Å². The average Bonchev–Trinajstić information content (AvgIpc) is 3.16. The van der Waals surface area contributed by atoms with E-state index in [1.54, 1.807) is 42.5 Å². The minimum absolute atomic E-state index is 0.265. The van der Waals surface area contributed by atoms with Crippen molar-refractivity contribution < 1.29 is 13.9 Å². The summed E-state index contributed by atoms with van der Waals surface area (Å²) in [6.07, 6.45) is 0. The molecule has 9 heteroatoms. The number of anilines is 1. The number of H-pyrrole nitrogens is 1. The van der Waals surface area contributed by atoms with Gasteiger partial charge < -0.3 is 10.1 Å². The van der Waals surface area contributed by atoms with Crippen LogP contribution in [0.4, 0.5) is 15.0 Å². The molecule has 0 aliphatic rings. The first-order valence-electron chi connectivity index (χ1n) is 9.32. The van der Waals surface area contributed by atoms with Crippen molar-refractivity contribution in [2.24, 2.45) is 0 Å². The summed E-state index contributed by atoms with van der Waals surface area (Å²) in [7, 11) is 0. The smallest absolute Gasteiger partial charge is 0.320 e. The van der Waals surface area contributed by atoms with Crippen molar-refractivity contribution in [1.29, 1.82) is 0 Å². The summed E-state index contributed by atoms with van der Waals surface area (Å²) in [5.74, 6) is 0.702. The van der Waals surface area contributed by atoms with Crippen LogP contribution < -0.4 is 15.4 Å². The van der Waals surface area contributed by atoms with E-state index in [0.29, 0.717) is 33.7 Å². The van der Waals surface area contributed by atoms with Gasteiger partial charge in [-0.15, -0.1) is 0 Å². The molecule has 0 fully saturated rings. The van der Waals surface area contributed by atoms with E-state index in [1.165, 1.54) is 12.1 Å². The fourth-order valence-electron chi connectivity index (χ4n) is 2.92. The van der Waals surface area contributed by atoms with Gasteiger partial charge in [-0.2, -0.15) is 5.10 Å². The van der Waals surface area contributed by atoms with E-state index in [0.717, 1.165) is 16.5 Å². The van der Waals surface area contributed by atoms with Crippen molar-refractivity contribution in [2.45, 2.75) is 13.2 Å². The molecule has 4 rings (SSSR count). The van der Waals surface area contributed by atoms with Gasteiger partial charge in [0.05, 0.1) is 15.6 Å². The lowest BCUT2D eigenvalue weighted by Crippen LogP contribution is -2.28.